The number of carbonyl (C=O) groups excluding carboxylic acids is 1. The van der Waals surface area contributed by atoms with Crippen molar-refractivity contribution >= 4 is 6.29 Å². The summed E-state index contributed by atoms with van der Waals surface area (Å²) in [5.41, 5.74) is 0.815. The zero-order valence-corrected chi connectivity index (χ0v) is 9.00. The molecule has 0 N–H and O–H groups in total. The lowest BCUT2D eigenvalue weighted by molar-refractivity contribution is -0.107. The maximum absolute atomic E-state index is 13.4. The number of aldehydes is 1. The molecule has 82 valence electrons. The van der Waals surface area contributed by atoms with Gasteiger partial charge >= 0.3 is 0 Å². The Kier molecular flexibility index (Phi) is 4.28. The fourth-order valence-electron chi connectivity index (χ4n) is 1.27. The van der Waals surface area contributed by atoms with E-state index in [9.17, 15) is 9.18 Å². The van der Waals surface area contributed by atoms with Crippen LogP contribution in [0, 0.1) is 5.82 Å². The monoisotopic (exact) mass is 210 g/mol. The topological polar surface area (TPSA) is 26.3 Å². The summed E-state index contributed by atoms with van der Waals surface area (Å²) in [5, 5.41) is 0. The second kappa shape index (κ2) is 5.49. The number of ether oxygens (including phenoxy) is 1. The molecule has 2 nitrogen and oxygen atoms in total. The van der Waals surface area contributed by atoms with Crippen molar-refractivity contribution in [1.29, 1.82) is 0 Å². The van der Waals surface area contributed by atoms with Gasteiger partial charge in [-0.15, -0.1) is 0 Å². The molecule has 0 radical (unpaired) electrons. The molecule has 0 spiro atoms. The summed E-state index contributed by atoms with van der Waals surface area (Å²) in [5.74, 6) is -0.105. The van der Waals surface area contributed by atoms with Gasteiger partial charge in [0, 0.05) is 6.42 Å². The van der Waals surface area contributed by atoms with E-state index < -0.39 is 0 Å². The molecule has 15 heavy (non-hydrogen) atoms. The molecule has 0 atom stereocenters. The van der Waals surface area contributed by atoms with E-state index in [4.69, 9.17) is 4.74 Å². The SMILES string of the molecule is CC(C)Oc1ccc(CCC=O)cc1F. The molecule has 0 saturated heterocycles. The van der Waals surface area contributed by atoms with Crippen molar-refractivity contribution in [2.45, 2.75) is 32.8 Å². The van der Waals surface area contributed by atoms with Crippen LogP contribution in [0.2, 0.25) is 0 Å². The standard InChI is InChI=1S/C12H15FO2/c1-9(2)15-12-6-5-10(4-3-7-14)8-11(12)13/h5-9H,3-4H2,1-2H3. The fraction of sp³-hybridized carbons (Fsp3) is 0.417. The van der Waals surface area contributed by atoms with Crippen molar-refractivity contribution in [2.75, 3.05) is 0 Å². The lowest BCUT2D eigenvalue weighted by atomic mass is 10.1. The summed E-state index contributed by atoms with van der Waals surface area (Å²) in [4.78, 5) is 10.2. The highest BCUT2D eigenvalue weighted by Crippen LogP contribution is 2.20. The van der Waals surface area contributed by atoms with E-state index in [0.717, 1.165) is 11.8 Å². The molecular formula is C12H15FO2. The Morgan fingerprint density at radius 2 is 2.20 bits per heavy atom. The highest BCUT2D eigenvalue weighted by molar-refractivity contribution is 5.50. The van der Waals surface area contributed by atoms with Crippen LogP contribution in [0.4, 0.5) is 4.39 Å². The summed E-state index contributed by atoms with van der Waals surface area (Å²) in [7, 11) is 0. The number of aryl methyl sites for hydroxylation is 1. The quantitative estimate of drug-likeness (QED) is 0.698. The minimum atomic E-state index is -0.368. The third-order valence-electron chi connectivity index (χ3n) is 1.91. The molecule has 0 unspecified atom stereocenters. The van der Waals surface area contributed by atoms with Crippen LogP contribution in [0.25, 0.3) is 0 Å². The zero-order chi connectivity index (χ0) is 11.3. The maximum Gasteiger partial charge on any atom is 0.165 e. The van der Waals surface area contributed by atoms with E-state index in [1.54, 1.807) is 12.1 Å². The fourth-order valence-corrected chi connectivity index (χ4v) is 1.27. The molecule has 0 heterocycles. The number of hydrogen-bond donors (Lipinski definition) is 0. The second-order valence-corrected chi connectivity index (χ2v) is 3.64. The number of carbonyl (C=O) groups is 1. The van der Waals surface area contributed by atoms with Crippen molar-refractivity contribution in [3.63, 3.8) is 0 Å². The van der Waals surface area contributed by atoms with E-state index in [1.807, 2.05) is 13.8 Å². The van der Waals surface area contributed by atoms with Gasteiger partial charge in [-0.05, 0) is 38.0 Å². The van der Waals surface area contributed by atoms with Crippen molar-refractivity contribution in [3.8, 4) is 5.75 Å². The molecule has 0 aliphatic heterocycles. The summed E-state index contributed by atoms with van der Waals surface area (Å²) >= 11 is 0. The Bertz CT molecular complexity index is 334. The second-order valence-electron chi connectivity index (χ2n) is 3.64. The predicted octanol–water partition coefficient (Wildman–Crippen LogP) is 2.74. The van der Waals surface area contributed by atoms with Gasteiger partial charge in [0.05, 0.1) is 6.10 Å². The average molecular weight is 210 g/mol. The van der Waals surface area contributed by atoms with Gasteiger partial charge in [0.1, 0.15) is 6.29 Å². The summed E-state index contributed by atoms with van der Waals surface area (Å²) in [6.45, 7) is 3.69. The Labute approximate surface area is 89.1 Å². The van der Waals surface area contributed by atoms with Gasteiger partial charge < -0.3 is 9.53 Å². The Balaban J connectivity index is 2.73. The smallest absolute Gasteiger partial charge is 0.165 e. The molecule has 1 aromatic carbocycles. The van der Waals surface area contributed by atoms with Gasteiger partial charge in [-0.1, -0.05) is 6.07 Å². The first kappa shape index (κ1) is 11.7. The van der Waals surface area contributed by atoms with Crippen LogP contribution in [-0.2, 0) is 11.2 Å². The largest absolute Gasteiger partial charge is 0.488 e. The third kappa shape index (κ3) is 3.70. The molecule has 0 saturated carbocycles. The normalized spacial score (nSPS) is 10.4. The van der Waals surface area contributed by atoms with Gasteiger partial charge in [-0.25, -0.2) is 4.39 Å². The minimum absolute atomic E-state index is 0.0414. The molecule has 0 aromatic heterocycles. The van der Waals surface area contributed by atoms with Crippen molar-refractivity contribution < 1.29 is 13.9 Å². The van der Waals surface area contributed by atoms with Gasteiger partial charge in [0.25, 0.3) is 0 Å². The van der Waals surface area contributed by atoms with Crippen LogP contribution >= 0.6 is 0 Å². The molecule has 0 amide bonds. The molecule has 0 aliphatic rings. The van der Waals surface area contributed by atoms with Gasteiger partial charge in [-0.3, -0.25) is 0 Å². The van der Waals surface area contributed by atoms with E-state index in [2.05, 4.69) is 0 Å². The van der Waals surface area contributed by atoms with Crippen LogP contribution in [-0.4, -0.2) is 12.4 Å². The van der Waals surface area contributed by atoms with E-state index in [0.29, 0.717) is 12.8 Å². The molecular weight excluding hydrogens is 195 g/mol. The third-order valence-corrected chi connectivity index (χ3v) is 1.91. The lowest BCUT2D eigenvalue weighted by Gasteiger charge is -2.11. The van der Waals surface area contributed by atoms with Crippen LogP contribution in [0.3, 0.4) is 0 Å². The lowest BCUT2D eigenvalue weighted by Crippen LogP contribution is -2.07. The average Bonchev–Trinajstić information content (AvgIpc) is 2.18. The number of benzene rings is 1. The van der Waals surface area contributed by atoms with Crippen LogP contribution in [0.1, 0.15) is 25.8 Å². The Morgan fingerprint density at radius 3 is 2.73 bits per heavy atom. The number of hydrogen-bond acceptors (Lipinski definition) is 2. The van der Waals surface area contributed by atoms with Crippen LogP contribution < -0.4 is 4.74 Å². The first-order valence-electron chi connectivity index (χ1n) is 5.02. The predicted molar refractivity (Wildman–Crippen MR) is 56.5 cm³/mol. The minimum Gasteiger partial charge on any atom is -0.488 e. The van der Waals surface area contributed by atoms with Gasteiger partial charge in [-0.2, -0.15) is 0 Å². The molecule has 0 aliphatic carbocycles. The van der Waals surface area contributed by atoms with Crippen molar-refractivity contribution in [3.05, 3.63) is 29.6 Å². The van der Waals surface area contributed by atoms with E-state index >= 15 is 0 Å². The summed E-state index contributed by atoms with van der Waals surface area (Å²) in [6.07, 6.45) is 1.78. The Morgan fingerprint density at radius 1 is 1.47 bits per heavy atom. The molecule has 0 fully saturated rings. The van der Waals surface area contributed by atoms with Crippen LogP contribution in [0.5, 0.6) is 5.75 Å². The first-order valence-corrected chi connectivity index (χ1v) is 5.02. The van der Waals surface area contributed by atoms with Crippen LogP contribution in [0.15, 0.2) is 18.2 Å². The summed E-state index contributed by atoms with van der Waals surface area (Å²) in [6, 6.07) is 4.81. The van der Waals surface area contributed by atoms with Gasteiger partial charge in [0.2, 0.25) is 0 Å². The molecule has 1 aromatic rings. The molecule has 0 bridgehead atoms. The maximum atomic E-state index is 13.4. The van der Waals surface area contributed by atoms with E-state index in [-0.39, 0.29) is 17.7 Å². The van der Waals surface area contributed by atoms with Crippen molar-refractivity contribution in [2.24, 2.45) is 0 Å². The van der Waals surface area contributed by atoms with E-state index in [1.165, 1.54) is 6.07 Å². The zero-order valence-electron chi connectivity index (χ0n) is 9.00. The molecule has 3 heteroatoms. The highest BCUT2D eigenvalue weighted by atomic mass is 19.1. The first-order chi connectivity index (χ1) is 7.13. The highest BCUT2D eigenvalue weighted by Gasteiger charge is 2.06. The Hall–Kier alpha value is -1.38. The summed E-state index contributed by atoms with van der Waals surface area (Å²) < 4.78 is 18.7. The van der Waals surface area contributed by atoms with Gasteiger partial charge in [0.15, 0.2) is 11.6 Å². The number of rotatable bonds is 5. The van der Waals surface area contributed by atoms with Crippen molar-refractivity contribution in [1.82, 2.24) is 0 Å². The number of halogens is 1. The molecule has 1 rings (SSSR count).